The molecule has 1 aromatic rings. The molecular weight excluding hydrogens is 360 g/mol. The van der Waals surface area contributed by atoms with Crippen LogP contribution in [0.5, 0.6) is 0 Å². The maximum absolute atomic E-state index is 12.6. The average Bonchev–Trinajstić information content (AvgIpc) is 2.87. The van der Waals surface area contributed by atoms with Crippen LogP contribution in [0.15, 0.2) is 29.2 Å². The quantitative estimate of drug-likeness (QED) is 0.746. The molecule has 1 aliphatic carbocycles. The van der Waals surface area contributed by atoms with E-state index in [0.717, 1.165) is 31.2 Å². The summed E-state index contributed by atoms with van der Waals surface area (Å²) in [6.07, 6.45) is 6.75. The molecule has 2 rings (SSSR count). The molecule has 0 atom stereocenters. The second kappa shape index (κ2) is 9.20. The molecule has 0 radical (unpaired) electrons. The van der Waals surface area contributed by atoms with Crippen molar-refractivity contribution in [3.05, 3.63) is 29.8 Å². The molecule has 6 heteroatoms. The molecule has 1 aromatic carbocycles. The highest BCUT2D eigenvalue weighted by Crippen LogP contribution is 2.24. The number of sulfonamides is 1. The number of hydrogen-bond acceptors (Lipinski definition) is 3. The van der Waals surface area contributed by atoms with Gasteiger partial charge in [0.1, 0.15) is 0 Å². The minimum atomic E-state index is -3.57. The maximum atomic E-state index is 12.6. The Kier molecular flexibility index (Phi) is 7.46. The summed E-state index contributed by atoms with van der Waals surface area (Å²) < 4.78 is 27.8. The van der Waals surface area contributed by atoms with E-state index in [-0.39, 0.29) is 28.8 Å². The summed E-state index contributed by atoms with van der Waals surface area (Å²) in [5.41, 5.74) is 1.08. The van der Waals surface area contributed by atoms with Crippen LogP contribution in [-0.2, 0) is 20.2 Å². The maximum Gasteiger partial charge on any atom is 0.240 e. The van der Waals surface area contributed by atoms with E-state index in [9.17, 15) is 13.2 Å². The van der Waals surface area contributed by atoms with E-state index in [1.54, 1.807) is 19.1 Å². The van der Waals surface area contributed by atoms with Crippen molar-refractivity contribution in [1.29, 1.82) is 0 Å². The molecule has 1 aliphatic rings. The van der Waals surface area contributed by atoms with Crippen molar-refractivity contribution in [2.75, 3.05) is 13.1 Å². The zero-order valence-electron chi connectivity index (χ0n) is 17.1. The van der Waals surface area contributed by atoms with Crippen LogP contribution in [0.2, 0.25) is 0 Å². The van der Waals surface area contributed by atoms with Gasteiger partial charge in [0.15, 0.2) is 0 Å². The Labute approximate surface area is 164 Å². The Bertz CT molecular complexity index is 713. The van der Waals surface area contributed by atoms with Gasteiger partial charge < -0.3 is 4.90 Å². The molecule has 27 heavy (non-hydrogen) atoms. The van der Waals surface area contributed by atoms with Crippen LogP contribution in [0, 0.1) is 0 Å². The predicted molar refractivity (Wildman–Crippen MR) is 109 cm³/mol. The second-order valence-corrected chi connectivity index (χ2v) is 10.3. The molecule has 0 bridgehead atoms. The van der Waals surface area contributed by atoms with E-state index in [4.69, 9.17) is 0 Å². The Balaban J connectivity index is 1.97. The van der Waals surface area contributed by atoms with E-state index in [2.05, 4.69) is 25.5 Å². The highest BCUT2D eigenvalue weighted by Gasteiger charge is 2.23. The van der Waals surface area contributed by atoms with Gasteiger partial charge in [0, 0.05) is 26.1 Å². The smallest absolute Gasteiger partial charge is 0.240 e. The number of benzene rings is 1. The standard InChI is InChI=1S/C21H34N2O3S/c1-17(24)23(19-9-7-5-6-8-10-19)16-15-22-27(25,26)20-13-11-18(12-14-20)21(2,3)4/h11-14,19,22H,5-10,15-16H2,1-4H3. The molecule has 0 heterocycles. The van der Waals surface area contributed by atoms with Crippen LogP contribution in [-0.4, -0.2) is 38.4 Å². The van der Waals surface area contributed by atoms with Crippen molar-refractivity contribution in [3.63, 3.8) is 0 Å². The fourth-order valence-electron chi connectivity index (χ4n) is 3.68. The average molecular weight is 395 g/mol. The fraction of sp³-hybridized carbons (Fsp3) is 0.667. The van der Waals surface area contributed by atoms with Crippen molar-refractivity contribution >= 4 is 15.9 Å². The summed E-state index contributed by atoms with van der Waals surface area (Å²) in [7, 11) is -3.57. The van der Waals surface area contributed by atoms with Crippen LogP contribution in [0.4, 0.5) is 0 Å². The summed E-state index contributed by atoms with van der Waals surface area (Å²) in [6, 6.07) is 7.26. The summed E-state index contributed by atoms with van der Waals surface area (Å²) in [4.78, 5) is 14.2. The monoisotopic (exact) mass is 394 g/mol. The Morgan fingerprint density at radius 2 is 1.63 bits per heavy atom. The molecule has 0 saturated heterocycles. The summed E-state index contributed by atoms with van der Waals surface area (Å²) >= 11 is 0. The molecule has 1 saturated carbocycles. The number of nitrogens with one attached hydrogen (secondary N) is 1. The lowest BCUT2D eigenvalue weighted by molar-refractivity contribution is -0.131. The molecule has 5 nitrogen and oxygen atoms in total. The zero-order valence-corrected chi connectivity index (χ0v) is 17.9. The first-order chi connectivity index (χ1) is 12.6. The SMILES string of the molecule is CC(=O)N(CCNS(=O)(=O)c1ccc(C(C)(C)C)cc1)C1CCCCCC1. The minimum Gasteiger partial charge on any atom is -0.339 e. The van der Waals surface area contributed by atoms with E-state index >= 15 is 0 Å². The third-order valence-corrected chi connectivity index (χ3v) is 6.82. The second-order valence-electron chi connectivity index (χ2n) is 8.53. The Hall–Kier alpha value is -1.40. The van der Waals surface area contributed by atoms with Gasteiger partial charge in [-0.3, -0.25) is 4.79 Å². The van der Waals surface area contributed by atoms with Crippen LogP contribution in [0.3, 0.4) is 0 Å². The van der Waals surface area contributed by atoms with E-state index < -0.39 is 10.0 Å². The molecule has 152 valence electrons. The normalized spacial score (nSPS) is 16.7. The third-order valence-electron chi connectivity index (χ3n) is 5.35. The lowest BCUT2D eigenvalue weighted by atomic mass is 9.87. The number of carbonyl (C=O) groups is 1. The lowest BCUT2D eigenvalue weighted by Gasteiger charge is -2.30. The van der Waals surface area contributed by atoms with Crippen molar-refractivity contribution in [3.8, 4) is 0 Å². The number of nitrogens with zero attached hydrogens (tertiary/aromatic N) is 1. The van der Waals surface area contributed by atoms with E-state index in [0.29, 0.717) is 6.54 Å². The van der Waals surface area contributed by atoms with E-state index in [1.165, 1.54) is 12.8 Å². The van der Waals surface area contributed by atoms with Crippen LogP contribution in [0.1, 0.15) is 71.8 Å². The summed E-state index contributed by atoms with van der Waals surface area (Å²) in [5, 5.41) is 0. The van der Waals surface area contributed by atoms with Gasteiger partial charge in [-0.05, 0) is 36.0 Å². The molecule has 0 unspecified atom stereocenters. The molecule has 1 fully saturated rings. The van der Waals surface area contributed by atoms with E-state index in [1.807, 2.05) is 17.0 Å². The van der Waals surface area contributed by atoms with Gasteiger partial charge in [0.2, 0.25) is 15.9 Å². The number of hydrogen-bond donors (Lipinski definition) is 1. The highest BCUT2D eigenvalue weighted by molar-refractivity contribution is 7.89. The lowest BCUT2D eigenvalue weighted by Crippen LogP contribution is -2.43. The third kappa shape index (κ3) is 6.32. The summed E-state index contributed by atoms with van der Waals surface area (Å²) in [6.45, 7) is 8.51. The molecule has 1 amide bonds. The fourth-order valence-corrected chi connectivity index (χ4v) is 4.71. The molecule has 0 spiro atoms. The summed E-state index contributed by atoms with van der Waals surface area (Å²) in [5.74, 6) is 0.0237. The van der Waals surface area contributed by atoms with Gasteiger partial charge in [-0.25, -0.2) is 13.1 Å². The Morgan fingerprint density at radius 3 is 2.11 bits per heavy atom. The van der Waals surface area contributed by atoms with Gasteiger partial charge in [-0.1, -0.05) is 58.6 Å². The first-order valence-electron chi connectivity index (χ1n) is 9.99. The molecule has 0 aromatic heterocycles. The van der Waals surface area contributed by atoms with Crippen LogP contribution >= 0.6 is 0 Å². The number of amides is 1. The molecular formula is C21H34N2O3S. The largest absolute Gasteiger partial charge is 0.339 e. The van der Waals surface area contributed by atoms with Gasteiger partial charge in [0.05, 0.1) is 4.90 Å². The first kappa shape index (κ1) is 21.9. The van der Waals surface area contributed by atoms with Gasteiger partial charge >= 0.3 is 0 Å². The van der Waals surface area contributed by atoms with Crippen LogP contribution < -0.4 is 4.72 Å². The topological polar surface area (TPSA) is 66.5 Å². The highest BCUT2D eigenvalue weighted by atomic mass is 32.2. The first-order valence-corrected chi connectivity index (χ1v) is 11.5. The van der Waals surface area contributed by atoms with Gasteiger partial charge in [-0.2, -0.15) is 0 Å². The minimum absolute atomic E-state index is 0.0174. The van der Waals surface area contributed by atoms with Crippen molar-refractivity contribution < 1.29 is 13.2 Å². The van der Waals surface area contributed by atoms with Crippen molar-refractivity contribution in [1.82, 2.24) is 9.62 Å². The van der Waals surface area contributed by atoms with Crippen molar-refractivity contribution in [2.24, 2.45) is 0 Å². The van der Waals surface area contributed by atoms with Gasteiger partial charge in [-0.15, -0.1) is 0 Å². The zero-order chi connectivity index (χ0) is 20.1. The van der Waals surface area contributed by atoms with Crippen molar-refractivity contribution in [2.45, 2.75) is 82.6 Å². The Morgan fingerprint density at radius 1 is 1.07 bits per heavy atom. The molecule has 1 N–H and O–H groups in total. The predicted octanol–water partition coefficient (Wildman–Crippen LogP) is 3.83. The number of rotatable bonds is 6. The number of carbonyl (C=O) groups excluding carboxylic acids is 1. The van der Waals surface area contributed by atoms with Crippen LogP contribution in [0.25, 0.3) is 0 Å². The molecule has 0 aliphatic heterocycles. The van der Waals surface area contributed by atoms with Gasteiger partial charge in [0.25, 0.3) is 0 Å².